The maximum atomic E-state index is 12.9. The summed E-state index contributed by atoms with van der Waals surface area (Å²) in [5.41, 5.74) is 0.569. The summed E-state index contributed by atoms with van der Waals surface area (Å²) in [6.07, 6.45) is -2.35. The van der Waals surface area contributed by atoms with Crippen molar-refractivity contribution in [2.24, 2.45) is 0 Å². The smallest absolute Gasteiger partial charge is 0.354 e. The van der Waals surface area contributed by atoms with Crippen LogP contribution in [0, 0.1) is 0 Å². The zero-order chi connectivity index (χ0) is 21.3. The van der Waals surface area contributed by atoms with Gasteiger partial charge in [-0.2, -0.15) is 13.2 Å². The number of amides is 1. The van der Waals surface area contributed by atoms with Gasteiger partial charge in [-0.3, -0.25) is 4.79 Å². The van der Waals surface area contributed by atoms with Crippen LogP contribution in [0.15, 0.2) is 67.3 Å². The van der Waals surface area contributed by atoms with E-state index >= 15 is 0 Å². The Morgan fingerprint density at radius 3 is 2.60 bits per heavy atom. The van der Waals surface area contributed by atoms with E-state index in [0.717, 1.165) is 41.7 Å². The molecule has 30 heavy (non-hydrogen) atoms. The van der Waals surface area contributed by atoms with E-state index in [0.29, 0.717) is 17.8 Å². The van der Waals surface area contributed by atoms with Crippen molar-refractivity contribution in [1.29, 1.82) is 0 Å². The highest BCUT2D eigenvalue weighted by atomic mass is 19.4. The fourth-order valence-corrected chi connectivity index (χ4v) is 3.73. The number of fused-ring (bicyclic) bond motifs is 1. The molecule has 2 heterocycles. The standard InChI is InChI=1S/C23H20F3N3O/c1-2-21(30)27-18-11-12-29(14-18)20-13-16-5-3-4-6-19(16)22(28-20)15-7-9-17(10-8-15)23(24,25)26/h2-10,13,18H,1,11-12,14H2,(H,27,30). The summed E-state index contributed by atoms with van der Waals surface area (Å²) in [6.45, 7) is 4.80. The molecular formula is C23H20F3N3O. The predicted molar refractivity (Wildman–Crippen MR) is 111 cm³/mol. The number of hydrogen-bond donors (Lipinski definition) is 1. The van der Waals surface area contributed by atoms with Crippen LogP contribution in [0.2, 0.25) is 0 Å². The fourth-order valence-electron chi connectivity index (χ4n) is 3.73. The Balaban J connectivity index is 1.70. The molecule has 0 aliphatic carbocycles. The van der Waals surface area contributed by atoms with Crippen molar-refractivity contribution >= 4 is 22.5 Å². The molecular weight excluding hydrogens is 391 g/mol. The molecule has 1 fully saturated rings. The molecule has 1 saturated heterocycles. The highest BCUT2D eigenvalue weighted by Gasteiger charge is 2.30. The third-order valence-corrected chi connectivity index (χ3v) is 5.26. The number of pyridine rings is 1. The van der Waals surface area contributed by atoms with Crippen molar-refractivity contribution in [3.05, 3.63) is 72.8 Å². The van der Waals surface area contributed by atoms with Crippen molar-refractivity contribution in [1.82, 2.24) is 10.3 Å². The van der Waals surface area contributed by atoms with Crippen LogP contribution in [0.4, 0.5) is 19.0 Å². The van der Waals surface area contributed by atoms with E-state index in [1.807, 2.05) is 30.3 Å². The molecule has 3 aromatic rings. The Morgan fingerprint density at radius 2 is 1.90 bits per heavy atom. The number of rotatable bonds is 4. The predicted octanol–water partition coefficient (Wildman–Crippen LogP) is 4.80. The molecule has 154 valence electrons. The average molecular weight is 411 g/mol. The molecule has 0 bridgehead atoms. The molecule has 1 amide bonds. The van der Waals surface area contributed by atoms with Crippen molar-refractivity contribution in [3.63, 3.8) is 0 Å². The van der Waals surface area contributed by atoms with E-state index in [-0.39, 0.29) is 11.9 Å². The topological polar surface area (TPSA) is 45.2 Å². The molecule has 4 nitrogen and oxygen atoms in total. The fraction of sp³-hybridized carbons (Fsp3) is 0.217. The lowest BCUT2D eigenvalue weighted by molar-refractivity contribution is -0.137. The van der Waals surface area contributed by atoms with Gasteiger partial charge >= 0.3 is 6.18 Å². The lowest BCUT2D eigenvalue weighted by atomic mass is 10.0. The van der Waals surface area contributed by atoms with Gasteiger partial charge in [-0.15, -0.1) is 0 Å². The van der Waals surface area contributed by atoms with Crippen LogP contribution in [0.25, 0.3) is 22.0 Å². The first kappa shape index (κ1) is 19.9. The van der Waals surface area contributed by atoms with E-state index in [1.165, 1.54) is 18.2 Å². The number of aromatic nitrogens is 1. The number of carbonyl (C=O) groups excluding carboxylic acids is 1. The zero-order valence-electron chi connectivity index (χ0n) is 16.1. The van der Waals surface area contributed by atoms with Crippen LogP contribution < -0.4 is 10.2 Å². The molecule has 1 N–H and O–H groups in total. The second kappa shape index (κ2) is 7.82. The van der Waals surface area contributed by atoms with Crippen molar-refractivity contribution in [2.45, 2.75) is 18.6 Å². The molecule has 1 aliphatic rings. The number of carbonyl (C=O) groups is 1. The van der Waals surface area contributed by atoms with E-state index in [9.17, 15) is 18.0 Å². The second-order valence-electron chi connectivity index (χ2n) is 7.27. The normalized spacial score (nSPS) is 16.6. The van der Waals surface area contributed by atoms with E-state index in [4.69, 9.17) is 4.98 Å². The third kappa shape index (κ3) is 4.01. The van der Waals surface area contributed by atoms with E-state index in [2.05, 4.69) is 16.8 Å². The molecule has 0 saturated carbocycles. The molecule has 7 heteroatoms. The van der Waals surface area contributed by atoms with Gasteiger partial charge in [-0.1, -0.05) is 43.0 Å². The molecule has 1 unspecified atom stereocenters. The highest BCUT2D eigenvalue weighted by Crippen LogP contribution is 2.34. The summed E-state index contributed by atoms with van der Waals surface area (Å²) < 4.78 is 38.8. The Labute approximate surface area is 172 Å². The Kier molecular flexibility index (Phi) is 5.20. The third-order valence-electron chi connectivity index (χ3n) is 5.26. The Bertz CT molecular complexity index is 1090. The van der Waals surface area contributed by atoms with Gasteiger partial charge in [0.05, 0.1) is 11.3 Å². The van der Waals surface area contributed by atoms with Gasteiger partial charge < -0.3 is 10.2 Å². The van der Waals surface area contributed by atoms with Crippen LogP contribution in [-0.4, -0.2) is 30.0 Å². The number of halogens is 3. The minimum absolute atomic E-state index is 0.00158. The van der Waals surface area contributed by atoms with Crippen LogP contribution >= 0.6 is 0 Å². The first-order chi connectivity index (χ1) is 14.3. The van der Waals surface area contributed by atoms with Gasteiger partial charge in [0.15, 0.2) is 0 Å². The van der Waals surface area contributed by atoms with Gasteiger partial charge in [0.2, 0.25) is 5.91 Å². The highest BCUT2D eigenvalue weighted by molar-refractivity contribution is 5.96. The Hall–Kier alpha value is -3.35. The molecule has 1 aromatic heterocycles. The maximum absolute atomic E-state index is 12.9. The van der Waals surface area contributed by atoms with Gasteiger partial charge in [-0.25, -0.2) is 4.98 Å². The quantitative estimate of drug-likeness (QED) is 0.627. The average Bonchev–Trinajstić information content (AvgIpc) is 3.20. The van der Waals surface area contributed by atoms with E-state index < -0.39 is 11.7 Å². The van der Waals surface area contributed by atoms with Gasteiger partial charge in [-0.05, 0) is 36.1 Å². The summed E-state index contributed by atoms with van der Waals surface area (Å²) in [6, 6.07) is 14.7. The van der Waals surface area contributed by atoms with Crippen LogP contribution in [0.5, 0.6) is 0 Å². The molecule has 4 rings (SSSR count). The molecule has 0 spiro atoms. The molecule has 1 atom stereocenters. The molecule has 2 aromatic carbocycles. The minimum Gasteiger partial charge on any atom is -0.354 e. The van der Waals surface area contributed by atoms with E-state index in [1.54, 1.807) is 0 Å². The van der Waals surface area contributed by atoms with Gasteiger partial charge in [0.1, 0.15) is 5.82 Å². The van der Waals surface area contributed by atoms with Crippen LogP contribution in [0.1, 0.15) is 12.0 Å². The number of alkyl halides is 3. The van der Waals surface area contributed by atoms with Crippen LogP contribution in [0.3, 0.4) is 0 Å². The molecule has 1 aliphatic heterocycles. The molecule has 0 radical (unpaired) electrons. The first-order valence-electron chi connectivity index (χ1n) is 9.60. The second-order valence-corrected chi connectivity index (χ2v) is 7.27. The Morgan fingerprint density at radius 1 is 1.17 bits per heavy atom. The van der Waals surface area contributed by atoms with Gasteiger partial charge in [0, 0.05) is 30.1 Å². The largest absolute Gasteiger partial charge is 0.416 e. The van der Waals surface area contributed by atoms with Gasteiger partial charge in [0.25, 0.3) is 0 Å². The van der Waals surface area contributed by atoms with Crippen molar-refractivity contribution in [2.75, 3.05) is 18.0 Å². The summed E-state index contributed by atoms with van der Waals surface area (Å²) in [7, 11) is 0. The monoisotopic (exact) mass is 411 g/mol. The summed E-state index contributed by atoms with van der Waals surface area (Å²) >= 11 is 0. The lowest BCUT2D eigenvalue weighted by Gasteiger charge is -2.20. The number of nitrogens with one attached hydrogen (secondary N) is 1. The first-order valence-corrected chi connectivity index (χ1v) is 9.60. The van der Waals surface area contributed by atoms with Crippen LogP contribution in [-0.2, 0) is 11.0 Å². The van der Waals surface area contributed by atoms with Crippen molar-refractivity contribution in [3.8, 4) is 11.3 Å². The van der Waals surface area contributed by atoms with Crippen molar-refractivity contribution < 1.29 is 18.0 Å². The number of benzene rings is 2. The SMILES string of the molecule is C=CC(=O)NC1CCN(c2cc3ccccc3c(-c3ccc(C(F)(F)F)cc3)n2)C1. The summed E-state index contributed by atoms with van der Waals surface area (Å²) in [5, 5.41) is 4.73. The summed E-state index contributed by atoms with van der Waals surface area (Å²) in [5.74, 6) is 0.526. The number of hydrogen-bond acceptors (Lipinski definition) is 3. The number of nitrogens with zero attached hydrogens (tertiary/aromatic N) is 2. The number of anilines is 1. The lowest BCUT2D eigenvalue weighted by Crippen LogP contribution is -2.36. The summed E-state index contributed by atoms with van der Waals surface area (Å²) in [4.78, 5) is 18.4. The zero-order valence-corrected chi connectivity index (χ0v) is 16.1. The maximum Gasteiger partial charge on any atom is 0.416 e. The minimum atomic E-state index is -4.38.